The molecule has 0 saturated carbocycles. The second-order valence-corrected chi connectivity index (χ2v) is 4.83. The van der Waals surface area contributed by atoms with Crippen LogP contribution in [0.2, 0.25) is 5.02 Å². The van der Waals surface area contributed by atoms with Crippen LogP contribution in [-0.2, 0) is 6.61 Å². The van der Waals surface area contributed by atoms with Crippen molar-refractivity contribution in [2.24, 2.45) is 0 Å². The van der Waals surface area contributed by atoms with E-state index in [4.69, 9.17) is 16.3 Å². The Kier molecular flexibility index (Phi) is 3.76. The fraction of sp³-hybridized carbons (Fsp3) is 0.167. The SMILES string of the molecule is Cc1cc(OCc2nc(C=O)cs2)ccc1Cl. The molecule has 0 bridgehead atoms. The Labute approximate surface area is 108 Å². The average molecular weight is 268 g/mol. The number of hydrogen-bond donors (Lipinski definition) is 0. The number of aryl methyl sites for hydroxylation is 1. The highest BCUT2D eigenvalue weighted by atomic mass is 35.5. The Bertz CT molecular complexity index is 539. The maximum Gasteiger partial charge on any atom is 0.169 e. The van der Waals surface area contributed by atoms with Crippen molar-refractivity contribution in [3.63, 3.8) is 0 Å². The van der Waals surface area contributed by atoms with Gasteiger partial charge in [0.05, 0.1) is 0 Å². The molecule has 0 radical (unpaired) electrons. The number of rotatable bonds is 4. The van der Waals surface area contributed by atoms with E-state index in [0.29, 0.717) is 12.3 Å². The zero-order chi connectivity index (χ0) is 12.3. The fourth-order valence-corrected chi connectivity index (χ4v) is 2.07. The quantitative estimate of drug-likeness (QED) is 0.796. The smallest absolute Gasteiger partial charge is 0.169 e. The average Bonchev–Trinajstić information content (AvgIpc) is 2.79. The number of aldehydes is 1. The van der Waals surface area contributed by atoms with Crippen LogP contribution in [-0.4, -0.2) is 11.3 Å². The van der Waals surface area contributed by atoms with Gasteiger partial charge in [-0.05, 0) is 30.7 Å². The van der Waals surface area contributed by atoms with Gasteiger partial charge in [-0.1, -0.05) is 11.6 Å². The summed E-state index contributed by atoms with van der Waals surface area (Å²) < 4.78 is 5.56. The second-order valence-electron chi connectivity index (χ2n) is 3.48. The van der Waals surface area contributed by atoms with Crippen LogP contribution in [0, 0.1) is 6.92 Å². The van der Waals surface area contributed by atoms with Gasteiger partial charge in [-0.3, -0.25) is 4.79 Å². The van der Waals surface area contributed by atoms with Gasteiger partial charge in [-0.2, -0.15) is 0 Å². The predicted octanol–water partition coefficient (Wildman–Crippen LogP) is 3.50. The molecule has 0 aliphatic carbocycles. The molecule has 3 nitrogen and oxygen atoms in total. The van der Waals surface area contributed by atoms with E-state index in [1.165, 1.54) is 11.3 Å². The first-order valence-corrected chi connectivity index (χ1v) is 6.23. The summed E-state index contributed by atoms with van der Waals surface area (Å²) in [5, 5.41) is 3.20. The van der Waals surface area contributed by atoms with E-state index in [1.807, 2.05) is 19.1 Å². The van der Waals surface area contributed by atoms with Crippen LogP contribution in [0.5, 0.6) is 5.75 Å². The van der Waals surface area contributed by atoms with E-state index in [2.05, 4.69) is 4.98 Å². The highest BCUT2D eigenvalue weighted by molar-refractivity contribution is 7.09. The van der Waals surface area contributed by atoms with Crippen molar-refractivity contribution in [2.75, 3.05) is 0 Å². The van der Waals surface area contributed by atoms with E-state index in [0.717, 1.165) is 27.6 Å². The summed E-state index contributed by atoms with van der Waals surface area (Å²) in [6.45, 7) is 2.28. The summed E-state index contributed by atoms with van der Waals surface area (Å²) in [6.07, 6.45) is 0.729. The molecule has 2 rings (SSSR count). The number of hydrogen-bond acceptors (Lipinski definition) is 4. The first kappa shape index (κ1) is 12.1. The number of nitrogens with zero attached hydrogens (tertiary/aromatic N) is 1. The Hall–Kier alpha value is -1.39. The van der Waals surface area contributed by atoms with Crippen LogP contribution in [0.3, 0.4) is 0 Å². The highest BCUT2D eigenvalue weighted by Gasteiger charge is 2.03. The lowest BCUT2D eigenvalue weighted by molar-refractivity contribution is 0.111. The lowest BCUT2D eigenvalue weighted by Gasteiger charge is -2.05. The molecule has 1 heterocycles. The molecular weight excluding hydrogens is 258 g/mol. The lowest BCUT2D eigenvalue weighted by Crippen LogP contribution is -1.95. The zero-order valence-electron chi connectivity index (χ0n) is 9.14. The summed E-state index contributed by atoms with van der Waals surface area (Å²) in [4.78, 5) is 14.5. The van der Waals surface area contributed by atoms with Crippen molar-refractivity contribution in [2.45, 2.75) is 13.5 Å². The lowest BCUT2D eigenvalue weighted by atomic mass is 10.2. The van der Waals surface area contributed by atoms with Crippen LogP contribution < -0.4 is 4.74 Å². The van der Waals surface area contributed by atoms with Crippen molar-refractivity contribution >= 4 is 29.2 Å². The Morgan fingerprint density at radius 1 is 1.53 bits per heavy atom. The molecule has 0 aliphatic rings. The molecule has 0 atom stereocenters. The van der Waals surface area contributed by atoms with Gasteiger partial charge in [0.15, 0.2) is 6.29 Å². The van der Waals surface area contributed by atoms with Crippen molar-refractivity contribution in [1.29, 1.82) is 0 Å². The van der Waals surface area contributed by atoms with Gasteiger partial charge in [0.2, 0.25) is 0 Å². The van der Waals surface area contributed by atoms with E-state index in [1.54, 1.807) is 11.4 Å². The molecule has 0 unspecified atom stereocenters. The third-order valence-corrected chi connectivity index (χ3v) is 3.45. The fourth-order valence-electron chi connectivity index (χ4n) is 1.30. The van der Waals surface area contributed by atoms with Crippen LogP contribution in [0.25, 0.3) is 0 Å². The maximum absolute atomic E-state index is 10.5. The van der Waals surface area contributed by atoms with Gasteiger partial charge in [0.25, 0.3) is 0 Å². The normalized spacial score (nSPS) is 10.2. The number of thiazole rings is 1. The van der Waals surface area contributed by atoms with Crippen LogP contribution in [0.15, 0.2) is 23.6 Å². The predicted molar refractivity (Wildman–Crippen MR) is 68.0 cm³/mol. The van der Waals surface area contributed by atoms with Gasteiger partial charge >= 0.3 is 0 Å². The molecule has 17 heavy (non-hydrogen) atoms. The van der Waals surface area contributed by atoms with E-state index in [-0.39, 0.29) is 0 Å². The minimum Gasteiger partial charge on any atom is -0.486 e. The standard InChI is InChI=1S/C12H10ClNO2S/c1-8-4-10(2-3-11(8)13)16-6-12-14-9(5-15)7-17-12/h2-5,7H,6H2,1H3. The first-order chi connectivity index (χ1) is 8.19. The third-order valence-electron chi connectivity index (χ3n) is 2.18. The summed E-state index contributed by atoms with van der Waals surface area (Å²) in [7, 11) is 0. The second kappa shape index (κ2) is 5.29. The largest absolute Gasteiger partial charge is 0.486 e. The van der Waals surface area contributed by atoms with Crippen molar-refractivity contribution in [1.82, 2.24) is 4.98 Å². The minimum atomic E-state index is 0.361. The van der Waals surface area contributed by atoms with Crippen LogP contribution in [0.1, 0.15) is 21.1 Å². The molecule has 0 amide bonds. The molecule has 5 heteroatoms. The van der Waals surface area contributed by atoms with Gasteiger partial charge in [-0.25, -0.2) is 4.98 Å². The monoisotopic (exact) mass is 267 g/mol. The summed E-state index contributed by atoms with van der Waals surface area (Å²) in [6, 6.07) is 5.48. The van der Waals surface area contributed by atoms with E-state index < -0.39 is 0 Å². The number of aromatic nitrogens is 1. The van der Waals surface area contributed by atoms with E-state index in [9.17, 15) is 4.79 Å². The van der Waals surface area contributed by atoms with Gasteiger partial charge < -0.3 is 4.74 Å². The molecule has 1 aromatic carbocycles. The topological polar surface area (TPSA) is 39.2 Å². The van der Waals surface area contributed by atoms with Crippen molar-refractivity contribution < 1.29 is 9.53 Å². The van der Waals surface area contributed by atoms with Gasteiger partial charge in [0, 0.05) is 10.4 Å². The van der Waals surface area contributed by atoms with Crippen molar-refractivity contribution in [3.8, 4) is 5.75 Å². The number of carbonyl (C=O) groups is 1. The Balaban J connectivity index is 2.01. The summed E-state index contributed by atoms with van der Waals surface area (Å²) >= 11 is 7.32. The third kappa shape index (κ3) is 3.05. The summed E-state index contributed by atoms with van der Waals surface area (Å²) in [5.74, 6) is 0.745. The number of benzene rings is 1. The molecule has 0 N–H and O–H groups in total. The molecular formula is C12H10ClNO2S. The number of ether oxygens (including phenoxy) is 1. The van der Waals surface area contributed by atoms with Crippen molar-refractivity contribution in [3.05, 3.63) is 44.9 Å². The highest BCUT2D eigenvalue weighted by Crippen LogP contribution is 2.22. The Morgan fingerprint density at radius 3 is 3.00 bits per heavy atom. The molecule has 0 aliphatic heterocycles. The van der Waals surface area contributed by atoms with E-state index >= 15 is 0 Å². The Morgan fingerprint density at radius 2 is 2.35 bits per heavy atom. The number of carbonyl (C=O) groups excluding carboxylic acids is 1. The minimum absolute atomic E-state index is 0.361. The first-order valence-electron chi connectivity index (χ1n) is 4.97. The number of halogens is 1. The molecule has 0 spiro atoms. The molecule has 0 saturated heterocycles. The van der Waals surface area contributed by atoms with Gasteiger partial charge in [0.1, 0.15) is 23.1 Å². The molecule has 88 valence electrons. The van der Waals surface area contributed by atoms with Crippen LogP contribution >= 0.6 is 22.9 Å². The zero-order valence-corrected chi connectivity index (χ0v) is 10.7. The van der Waals surface area contributed by atoms with Gasteiger partial charge in [-0.15, -0.1) is 11.3 Å². The summed E-state index contributed by atoms with van der Waals surface area (Å²) in [5.41, 5.74) is 1.41. The molecule has 1 aromatic heterocycles. The molecule has 0 fully saturated rings. The van der Waals surface area contributed by atoms with Crippen LogP contribution in [0.4, 0.5) is 0 Å². The maximum atomic E-state index is 10.5. The molecule has 2 aromatic rings.